The highest BCUT2D eigenvalue weighted by Gasteiger charge is 2.05. The molecule has 0 N–H and O–H groups in total. The molecule has 1 atom stereocenters. The van der Waals surface area contributed by atoms with Crippen molar-refractivity contribution in [1.29, 1.82) is 0 Å². The highest BCUT2D eigenvalue weighted by molar-refractivity contribution is 9.09. The number of halogens is 1. The Morgan fingerprint density at radius 3 is 2.50 bits per heavy atom. The molecule has 0 radical (unpaired) electrons. The van der Waals surface area contributed by atoms with E-state index in [-0.39, 0.29) is 0 Å². The summed E-state index contributed by atoms with van der Waals surface area (Å²) in [7, 11) is 0. The topological polar surface area (TPSA) is 0 Å². The highest BCUT2D eigenvalue weighted by atomic mass is 79.9. The summed E-state index contributed by atoms with van der Waals surface area (Å²) in [5.41, 5.74) is 0. The second-order valence-corrected chi connectivity index (χ2v) is 2.23. The molecule has 0 nitrogen and oxygen atoms in total. The molecule has 6 heavy (non-hydrogen) atoms. The zero-order chi connectivity index (χ0) is 4.41. The second-order valence-electron chi connectivity index (χ2n) is 1.58. The monoisotopic (exact) mass is 146 g/mol. The van der Waals surface area contributed by atoms with Crippen molar-refractivity contribution in [1.82, 2.24) is 0 Å². The standard InChI is InChI=1S/C5H7Br/c6-4-5-2-1-3-5/h1-2,5H,3-4H2. The van der Waals surface area contributed by atoms with Crippen LogP contribution in [-0.2, 0) is 0 Å². The van der Waals surface area contributed by atoms with E-state index in [0.29, 0.717) is 0 Å². The van der Waals surface area contributed by atoms with E-state index in [9.17, 15) is 0 Å². The Hall–Kier alpha value is 0.220. The van der Waals surface area contributed by atoms with E-state index in [4.69, 9.17) is 0 Å². The molecule has 1 heteroatoms. The number of hydrogen-bond donors (Lipinski definition) is 0. The van der Waals surface area contributed by atoms with Gasteiger partial charge in [0.05, 0.1) is 0 Å². The number of rotatable bonds is 1. The van der Waals surface area contributed by atoms with Crippen molar-refractivity contribution in [2.45, 2.75) is 6.42 Å². The van der Waals surface area contributed by atoms with Crippen LogP contribution in [0.3, 0.4) is 0 Å². The molecule has 1 aliphatic rings. The van der Waals surface area contributed by atoms with Crippen molar-refractivity contribution < 1.29 is 0 Å². The highest BCUT2D eigenvalue weighted by Crippen LogP contribution is 2.17. The van der Waals surface area contributed by atoms with Crippen LogP contribution in [0.1, 0.15) is 6.42 Å². The first-order valence-electron chi connectivity index (χ1n) is 2.16. The van der Waals surface area contributed by atoms with Gasteiger partial charge in [0, 0.05) is 5.33 Å². The van der Waals surface area contributed by atoms with E-state index in [1.54, 1.807) is 0 Å². The molecule has 0 aromatic heterocycles. The van der Waals surface area contributed by atoms with E-state index in [0.717, 1.165) is 11.2 Å². The fourth-order valence-electron chi connectivity index (χ4n) is 0.443. The Morgan fingerprint density at radius 2 is 2.50 bits per heavy atom. The van der Waals surface area contributed by atoms with Gasteiger partial charge in [-0.15, -0.1) is 0 Å². The van der Waals surface area contributed by atoms with Crippen LogP contribution in [0.2, 0.25) is 0 Å². The van der Waals surface area contributed by atoms with E-state index < -0.39 is 0 Å². The normalized spacial score (nSPS) is 29.8. The molecule has 0 aliphatic heterocycles. The number of hydrogen-bond acceptors (Lipinski definition) is 0. The van der Waals surface area contributed by atoms with Gasteiger partial charge in [-0.25, -0.2) is 0 Å². The lowest BCUT2D eigenvalue weighted by Crippen LogP contribution is -2.02. The summed E-state index contributed by atoms with van der Waals surface area (Å²) in [5, 5.41) is 1.14. The lowest BCUT2D eigenvalue weighted by atomic mass is 9.98. The number of allylic oxidation sites excluding steroid dienone is 2. The molecular weight excluding hydrogens is 140 g/mol. The first-order valence-corrected chi connectivity index (χ1v) is 3.28. The Balaban J connectivity index is 2.21. The lowest BCUT2D eigenvalue weighted by Gasteiger charge is -2.12. The van der Waals surface area contributed by atoms with Crippen LogP contribution < -0.4 is 0 Å². The molecule has 1 rings (SSSR count). The molecule has 1 aliphatic carbocycles. The minimum absolute atomic E-state index is 0.852. The van der Waals surface area contributed by atoms with E-state index >= 15 is 0 Å². The summed E-state index contributed by atoms with van der Waals surface area (Å²) in [4.78, 5) is 0. The van der Waals surface area contributed by atoms with Crippen molar-refractivity contribution in [2.75, 3.05) is 5.33 Å². The van der Waals surface area contributed by atoms with Gasteiger partial charge in [-0.05, 0) is 12.3 Å². The maximum atomic E-state index is 3.37. The first kappa shape index (κ1) is 4.38. The average Bonchev–Trinajstić information content (AvgIpc) is 1.31. The molecular formula is C5H7Br. The van der Waals surface area contributed by atoms with Gasteiger partial charge in [0.15, 0.2) is 0 Å². The summed E-state index contributed by atoms with van der Waals surface area (Å²) < 4.78 is 0. The molecule has 0 fully saturated rings. The van der Waals surface area contributed by atoms with Crippen molar-refractivity contribution in [3.63, 3.8) is 0 Å². The predicted molar refractivity (Wildman–Crippen MR) is 31.0 cm³/mol. The van der Waals surface area contributed by atoms with Crippen LogP contribution in [0, 0.1) is 5.92 Å². The summed E-state index contributed by atoms with van der Waals surface area (Å²) in [6.45, 7) is 0. The summed E-state index contributed by atoms with van der Waals surface area (Å²) in [6.07, 6.45) is 5.71. The molecule has 0 saturated carbocycles. The third-order valence-corrected chi connectivity index (χ3v) is 1.88. The van der Waals surface area contributed by atoms with Gasteiger partial charge >= 0.3 is 0 Å². The maximum absolute atomic E-state index is 3.37. The number of alkyl halides is 1. The first-order chi connectivity index (χ1) is 2.93. The van der Waals surface area contributed by atoms with E-state index in [1.807, 2.05) is 0 Å². The Morgan fingerprint density at radius 1 is 1.83 bits per heavy atom. The van der Waals surface area contributed by atoms with Crippen molar-refractivity contribution in [3.8, 4) is 0 Å². The zero-order valence-electron chi connectivity index (χ0n) is 3.52. The summed E-state index contributed by atoms with van der Waals surface area (Å²) in [5.74, 6) is 0.852. The third kappa shape index (κ3) is 0.648. The van der Waals surface area contributed by atoms with Crippen LogP contribution in [0.25, 0.3) is 0 Å². The Labute approximate surface area is 46.4 Å². The summed E-state index contributed by atoms with van der Waals surface area (Å²) in [6, 6.07) is 0. The van der Waals surface area contributed by atoms with Gasteiger partial charge in [-0.3, -0.25) is 0 Å². The minimum atomic E-state index is 0.852. The lowest BCUT2D eigenvalue weighted by molar-refractivity contribution is 0.698. The van der Waals surface area contributed by atoms with Gasteiger partial charge in [0.1, 0.15) is 0 Å². The van der Waals surface area contributed by atoms with Crippen LogP contribution in [0.15, 0.2) is 12.2 Å². The molecule has 34 valence electrons. The molecule has 0 spiro atoms. The molecule has 0 aromatic rings. The van der Waals surface area contributed by atoms with Crippen LogP contribution in [0.4, 0.5) is 0 Å². The minimum Gasteiger partial charge on any atom is -0.0922 e. The van der Waals surface area contributed by atoms with Gasteiger partial charge in [0.2, 0.25) is 0 Å². The smallest absolute Gasteiger partial charge is 0.00972 e. The predicted octanol–water partition coefficient (Wildman–Crippen LogP) is 1.96. The van der Waals surface area contributed by atoms with Gasteiger partial charge < -0.3 is 0 Å². The fourth-order valence-corrected chi connectivity index (χ4v) is 0.923. The SMILES string of the molecule is BrCC1C=CC1. The van der Waals surface area contributed by atoms with Crippen molar-refractivity contribution in [2.24, 2.45) is 5.92 Å². The van der Waals surface area contributed by atoms with Crippen LogP contribution in [0.5, 0.6) is 0 Å². The Kier molecular flexibility index (Phi) is 1.30. The van der Waals surface area contributed by atoms with Crippen molar-refractivity contribution >= 4 is 15.9 Å². The van der Waals surface area contributed by atoms with E-state index in [2.05, 4.69) is 28.1 Å². The second kappa shape index (κ2) is 1.78. The molecule has 1 unspecified atom stereocenters. The van der Waals surface area contributed by atoms with Gasteiger partial charge in [-0.2, -0.15) is 0 Å². The molecule has 0 aromatic carbocycles. The zero-order valence-corrected chi connectivity index (χ0v) is 5.11. The molecule has 0 saturated heterocycles. The fraction of sp³-hybridized carbons (Fsp3) is 0.600. The molecule has 0 amide bonds. The largest absolute Gasteiger partial charge is 0.0922 e. The third-order valence-electron chi connectivity index (χ3n) is 1.05. The summed E-state index contributed by atoms with van der Waals surface area (Å²) >= 11 is 3.37. The average molecular weight is 147 g/mol. The van der Waals surface area contributed by atoms with Gasteiger partial charge in [-0.1, -0.05) is 28.1 Å². The molecule has 0 heterocycles. The van der Waals surface area contributed by atoms with Gasteiger partial charge in [0.25, 0.3) is 0 Å². The Bertz CT molecular complexity index is 66.3. The van der Waals surface area contributed by atoms with Crippen LogP contribution in [-0.4, -0.2) is 5.33 Å². The molecule has 0 bridgehead atoms. The maximum Gasteiger partial charge on any atom is 0.00972 e. The van der Waals surface area contributed by atoms with E-state index in [1.165, 1.54) is 6.42 Å². The van der Waals surface area contributed by atoms with Crippen molar-refractivity contribution in [3.05, 3.63) is 12.2 Å². The van der Waals surface area contributed by atoms with Crippen LogP contribution >= 0.6 is 15.9 Å². The quantitative estimate of drug-likeness (QED) is 0.392.